The summed E-state index contributed by atoms with van der Waals surface area (Å²) in [5.74, 6) is -0.826. The molecule has 0 amide bonds. The van der Waals surface area contributed by atoms with Crippen LogP contribution in [-0.4, -0.2) is 14.2 Å². The summed E-state index contributed by atoms with van der Waals surface area (Å²) in [5, 5.41) is 0. The molecule has 1 unspecified atom stereocenters. The minimum absolute atomic E-state index is 0. The zero-order valence-electron chi connectivity index (χ0n) is 17.1. The molecule has 1 aromatic rings. The molecule has 0 aliphatic heterocycles. The van der Waals surface area contributed by atoms with Crippen LogP contribution in [0.15, 0.2) is 70.7 Å². The van der Waals surface area contributed by atoms with Crippen LogP contribution in [0.5, 0.6) is 0 Å². The molecule has 2 aliphatic carbocycles. The van der Waals surface area contributed by atoms with Gasteiger partial charge in [-0.25, -0.2) is 0 Å². The average molecular weight is 536 g/mol. The van der Waals surface area contributed by atoms with Crippen molar-refractivity contribution < 1.29 is 29.3 Å². The molecule has 1 aromatic carbocycles. The van der Waals surface area contributed by atoms with Crippen molar-refractivity contribution in [3.05, 3.63) is 71.3 Å². The average Bonchev–Trinajstić information content (AvgIpc) is 3.19. The molecule has 0 N–H and O–H groups in total. The molecule has 0 heterocycles. The van der Waals surface area contributed by atoms with Crippen molar-refractivity contribution in [2.45, 2.75) is 45.9 Å². The van der Waals surface area contributed by atoms with Gasteiger partial charge in [-0.05, 0) is 0 Å². The van der Waals surface area contributed by atoms with Gasteiger partial charge in [-0.1, -0.05) is 0 Å². The van der Waals surface area contributed by atoms with E-state index in [0.717, 1.165) is 12.0 Å². The van der Waals surface area contributed by atoms with Gasteiger partial charge in [-0.3, -0.25) is 0 Å². The Bertz CT molecular complexity index is 961. The number of hydrogen-bond acceptors (Lipinski definition) is 2. The second kappa shape index (κ2) is 10.2. The Morgan fingerprint density at radius 3 is 2.07 bits per heavy atom. The normalized spacial score (nSPS) is 19.2. The van der Waals surface area contributed by atoms with Gasteiger partial charge in [0.05, 0.1) is 0 Å². The maximum absolute atomic E-state index is 13.3. The van der Waals surface area contributed by atoms with Crippen molar-refractivity contribution >= 4 is 39.9 Å². The van der Waals surface area contributed by atoms with Crippen molar-refractivity contribution in [2.24, 2.45) is 5.92 Å². The van der Waals surface area contributed by atoms with E-state index in [2.05, 4.69) is 45.9 Å². The van der Waals surface area contributed by atoms with Gasteiger partial charge in [-0.2, -0.15) is 0 Å². The van der Waals surface area contributed by atoms with E-state index in [-0.39, 0.29) is 24.8 Å². The molecule has 1 atom stereocenters. The smallest absolute Gasteiger partial charge is 0.147 e. The predicted molar refractivity (Wildman–Crippen MR) is 123 cm³/mol. The molecule has 0 spiro atoms. The maximum atomic E-state index is 13.3. The van der Waals surface area contributed by atoms with Crippen LogP contribution >= 0.6 is 24.8 Å². The Balaban J connectivity index is 0.00000196. The summed E-state index contributed by atoms with van der Waals surface area (Å²) in [6.45, 7) is 10.9. The third kappa shape index (κ3) is 5.10. The molecule has 3 rings (SSSR count). The Morgan fingerprint density at radius 1 is 1.00 bits per heavy atom. The molecule has 7 heteroatoms. The van der Waals surface area contributed by atoms with E-state index in [9.17, 15) is 8.42 Å². The van der Waals surface area contributed by atoms with Crippen LogP contribution in [0.3, 0.4) is 0 Å². The van der Waals surface area contributed by atoms with Crippen molar-refractivity contribution in [1.29, 1.82) is 0 Å². The third-order valence-corrected chi connectivity index (χ3v) is 36.6. The molecular formula is C21H29Cl2O2SSiZr. The predicted octanol–water partition coefficient (Wildman–Crippen LogP) is 5.33. The summed E-state index contributed by atoms with van der Waals surface area (Å²) in [6, 6.07) is 7.43. The van der Waals surface area contributed by atoms with E-state index in [0.29, 0.717) is 10.8 Å². The number of halogens is 2. The summed E-state index contributed by atoms with van der Waals surface area (Å²) in [6.07, 6.45) is 7.49. The maximum Gasteiger partial charge on any atom is -0.147 e. The molecule has 2 aliphatic rings. The van der Waals surface area contributed by atoms with Gasteiger partial charge in [0.1, 0.15) is 0 Å². The molecule has 0 bridgehead atoms. The first kappa shape index (κ1) is 25.8. The van der Waals surface area contributed by atoms with Crippen LogP contribution in [0.25, 0.3) is 0 Å². The topological polar surface area (TPSA) is 34.1 Å². The van der Waals surface area contributed by atoms with Gasteiger partial charge in [0.15, 0.2) is 0 Å². The van der Waals surface area contributed by atoms with Gasteiger partial charge in [-0.15, -0.1) is 24.8 Å². The van der Waals surface area contributed by atoms with Crippen molar-refractivity contribution in [3.8, 4) is 0 Å². The molecule has 153 valence electrons. The van der Waals surface area contributed by atoms with E-state index < -0.39 is 36.0 Å². The van der Waals surface area contributed by atoms with Crippen LogP contribution in [0.4, 0.5) is 0 Å². The van der Waals surface area contributed by atoms with Crippen molar-refractivity contribution in [1.82, 2.24) is 0 Å². The van der Waals surface area contributed by atoms with Crippen LogP contribution in [-0.2, 0) is 30.2 Å². The number of allylic oxidation sites excluding steroid dienone is 8. The minimum atomic E-state index is -3.13. The molecular weight excluding hydrogens is 507 g/mol. The van der Waals surface area contributed by atoms with E-state index in [4.69, 9.17) is 0 Å². The fraction of sp³-hybridized carbons (Fsp3) is 0.333. The first-order valence-electron chi connectivity index (χ1n) is 9.12. The summed E-state index contributed by atoms with van der Waals surface area (Å²) < 4.78 is 29.6. The van der Waals surface area contributed by atoms with Crippen molar-refractivity contribution in [3.63, 3.8) is 0 Å². The quantitative estimate of drug-likeness (QED) is 0.478. The summed E-state index contributed by atoms with van der Waals surface area (Å²) in [4.78, 5) is 0.532. The monoisotopic (exact) mass is 533 g/mol. The van der Waals surface area contributed by atoms with Crippen LogP contribution in [0.1, 0.15) is 39.7 Å². The Morgan fingerprint density at radius 2 is 1.61 bits per heavy atom. The first-order valence-corrected chi connectivity index (χ1v) is 20.9. The van der Waals surface area contributed by atoms with Gasteiger partial charge in [0, 0.05) is 0 Å². The second-order valence-electron chi connectivity index (χ2n) is 7.44. The summed E-state index contributed by atoms with van der Waals surface area (Å²) >= 11 is -2.37. The second-order valence-corrected chi connectivity index (χ2v) is 28.4. The molecule has 0 radical (unpaired) electrons. The largest absolute Gasteiger partial charge is 0.147 e. The van der Waals surface area contributed by atoms with Crippen LogP contribution in [0.2, 0.25) is 0 Å². The number of rotatable bonds is 5. The summed E-state index contributed by atoms with van der Waals surface area (Å²) in [7, 11) is -3.13. The van der Waals surface area contributed by atoms with Gasteiger partial charge in [0.25, 0.3) is 0 Å². The Labute approximate surface area is 191 Å². The summed E-state index contributed by atoms with van der Waals surface area (Å²) in [5.41, 5.74) is 5.32. The minimum Gasteiger partial charge on any atom is -0.147 e. The molecule has 0 fully saturated rings. The van der Waals surface area contributed by atoms with Gasteiger partial charge < -0.3 is 0 Å². The fourth-order valence-electron chi connectivity index (χ4n) is 3.88. The number of aryl methyl sites for hydroxylation is 1. The molecule has 2 nitrogen and oxygen atoms in total. The van der Waals surface area contributed by atoms with Gasteiger partial charge >= 0.3 is 168 Å². The fourth-order valence-corrected chi connectivity index (χ4v) is 39.0. The molecule has 0 aromatic heterocycles. The molecule has 0 saturated carbocycles. The van der Waals surface area contributed by atoms with Crippen molar-refractivity contribution in [2.75, 3.05) is 0 Å². The van der Waals surface area contributed by atoms with E-state index in [1.807, 2.05) is 19.1 Å². The molecule has 0 saturated heterocycles. The zero-order valence-corrected chi connectivity index (χ0v) is 23.4. The first-order chi connectivity index (χ1) is 12.2. The van der Waals surface area contributed by atoms with E-state index in [1.54, 1.807) is 15.4 Å². The Kier molecular flexibility index (Phi) is 9.43. The van der Waals surface area contributed by atoms with Gasteiger partial charge in [0.2, 0.25) is 0 Å². The SMILES string of the molecule is CC1=C(C)C(C)[C]([Zr]([SiH2]S(=O)(=O)c2ccc(C)cc2)[C]2=CC=CC2)=C1C.Cl.Cl. The Hall–Kier alpha value is -0.190. The van der Waals surface area contributed by atoms with Crippen LogP contribution < -0.4 is 0 Å². The molecule has 28 heavy (non-hydrogen) atoms. The van der Waals surface area contributed by atoms with E-state index >= 15 is 0 Å². The van der Waals surface area contributed by atoms with Crippen LogP contribution in [0, 0.1) is 12.8 Å². The van der Waals surface area contributed by atoms with E-state index in [1.165, 1.54) is 20.0 Å². The third-order valence-electron chi connectivity index (χ3n) is 5.84. The standard InChI is InChI=1S/C9H13.C7H9O2SSi.C5H5.2ClH.Zr/c1-6-5-7(2)9(4)8(6)3;1-6-2-4-7(5-3-6)10(8,9)11;1-2-4-5-3-1;;;/h6H,1-4H3;2-5H,11H2,1H3;1-3H,4H2;2*1H;. The number of hydrogen-bond donors (Lipinski definition) is 0. The zero-order chi connectivity index (χ0) is 19.1. The number of benzene rings is 1.